The molecule has 13 heavy (non-hydrogen) atoms. The average Bonchev–Trinajstić information content (AvgIpc) is 2.41. The first-order chi connectivity index (χ1) is 5.70. The molecule has 2 aromatic rings. The van der Waals surface area contributed by atoms with E-state index in [9.17, 15) is 5.11 Å². The normalized spacial score (nSPS) is 10.0. The summed E-state index contributed by atoms with van der Waals surface area (Å²) in [6.07, 6.45) is 1.52. The minimum atomic E-state index is 0. The molecule has 5 heteroatoms. The topological polar surface area (TPSA) is 36.0 Å². The lowest BCUT2D eigenvalue weighted by atomic mass is 10.2. The number of fused-ring (bicyclic) bond motifs is 1. The quantitative estimate of drug-likeness (QED) is 0.713. The van der Waals surface area contributed by atoms with Gasteiger partial charge in [0.25, 0.3) is 0 Å². The smallest absolute Gasteiger partial charge is 0.142 e. The molecule has 1 atom stereocenters. The number of hydrogen-bond acceptors (Lipinski definition) is 1. The summed E-state index contributed by atoms with van der Waals surface area (Å²) in [5.74, 6) is 0.177. The van der Waals surface area contributed by atoms with Gasteiger partial charge in [-0.25, -0.2) is 0 Å². The van der Waals surface area contributed by atoms with Crippen molar-refractivity contribution in [2.24, 2.45) is 0 Å². The van der Waals surface area contributed by atoms with Gasteiger partial charge in [-0.2, -0.15) is 9.90 Å². The largest absolute Gasteiger partial charge is 0.506 e. The second-order valence-corrected chi connectivity index (χ2v) is 3.69. The highest BCUT2D eigenvalue weighted by molar-refractivity contribution is 9.10. The Kier molecular flexibility index (Phi) is 3.23. The van der Waals surface area contributed by atoms with Crippen LogP contribution in [-0.2, 0) is 0 Å². The number of aromatic amines is 1. The number of benzene rings is 1. The Bertz CT molecular complexity index is 443. The molecule has 0 amide bonds. The van der Waals surface area contributed by atoms with Gasteiger partial charge in [0.05, 0.1) is 15.9 Å². The van der Waals surface area contributed by atoms with E-state index in [1.54, 1.807) is 0 Å². The Morgan fingerprint density at radius 3 is 2.77 bits per heavy atom. The fourth-order valence-electron chi connectivity index (χ4n) is 1.14. The Balaban J connectivity index is 0.000000845. The van der Waals surface area contributed by atoms with E-state index in [-0.39, 0.29) is 15.6 Å². The first kappa shape index (κ1) is 10.8. The first-order valence-electron chi connectivity index (χ1n) is 3.34. The van der Waals surface area contributed by atoms with Crippen molar-refractivity contribution in [2.45, 2.75) is 0 Å². The summed E-state index contributed by atoms with van der Waals surface area (Å²) in [6, 6.07) is 3.69. The van der Waals surface area contributed by atoms with Gasteiger partial charge in [0, 0.05) is 10.7 Å². The Hall–Kier alpha value is -0.240. The van der Waals surface area contributed by atoms with Crippen molar-refractivity contribution in [1.29, 1.82) is 0 Å². The van der Waals surface area contributed by atoms with Gasteiger partial charge in [-0.15, -0.1) is 0 Å². The molecule has 0 fully saturated rings. The van der Waals surface area contributed by atoms with Crippen molar-refractivity contribution in [2.75, 3.05) is 0 Å². The molecule has 1 heterocycles. The zero-order valence-electron chi connectivity index (χ0n) is 6.64. The first-order valence-corrected chi connectivity index (χ1v) is 4.51. The van der Waals surface area contributed by atoms with Gasteiger partial charge in [-0.3, -0.25) is 0 Å². The van der Waals surface area contributed by atoms with Crippen LogP contribution >= 0.6 is 37.4 Å². The SMILES string of the molecule is Oc1c[nH]c2ccc(Br)c(Cl)c12.P. The molecule has 2 nitrogen and oxygen atoms in total. The number of hydrogen-bond donors (Lipinski definition) is 2. The van der Waals surface area contributed by atoms with E-state index >= 15 is 0 Å². The molecule has 0 spiro atoms. The summed E-state index contributed by atoms with van der Waals surface area (Å²) in [6.45, 7) is 0. The van der Waals surface area contributed by atoms with Crippen molar-refractivity contribution in [3.63, 3.8) is 0 Å². The fourth-order valence-corrected chi connectivity index (χ4v) is 1.73. The average molecular weight is 280 g/mol. The van der Waals surface area contributed by atoms with Crippen LogP contribution in [-0.4, -0.2) is 10.1 Å². The summed E-state index contributed by atoms with van der Waals surface area (Å²) in [4.78, 5) is 2.90. The molecule has 2 rings (SSSR count). The Morgan fingerprint density at radius 2 is 2.08 bits per heavy atom. The van der Waals surface area contributed by atoms with Crippen molar-refractivity contribution >= 4 is 48.3 Å². The van der Waals surface area contributed by atoms with E-state index in [1.165, 1.54) is 6.20 Å². The van der Waals surface area contributed by atoms with Gasteiger partial charge >= 0.3 is 0 Å². The summed E-state index contributed by atoms with van der Waals surface area (Å²) in [7, 11) is 0. The highest BCUT2D eigenvalue weighted by atomic mass is 79.9. The lowest BCUT2D eigenvalue weighted by Crippen LogP contribution is -1.71. The zero-order valence-corrected chi connectivity index (χ0v) is 10.4. The zero-order chi connectivity index (χ0) is 8.72. The van der Waals surface area contributed by atoms with Crippen LogP contribution in [0.2, 0.25) is 5.02 Å². The molecule has 70 valence electrons. The maximum Gasteiger partial charge on any atom is 0.142 e. The molecule has 0 aliphatic rings. The molecule has 0 bridgehead atoms. The van der Waals surface area contributed by atoms with Crippen LogP contribution in [0, 0.1) is 0 Å². The fraction of sp³-hybridized carbons (Fsp3) is 0. The van der Waals surface area contributed by atoms with Crippen LogP contribution in [0.5, 0.6) is 5.75 Å². The Morgan fingerprint density at radius 1 is 1.38 bits per heavy atom. The van der Waals surface area contributed by atoms with Gasteiger partial charge in [0.1, 0.15) is 5.75 Å². The van der Waals surface area contributed by atoms with Crippen LogP contribution in [0.25, 0.3) is 10.9 Å². The lowest BCUT2D eigenvalue weighted by molar-refractivity contribution is 0.481. The molecule has 0 radical (unpaired) electrons. The van der Waals surface area contributed by atoms with Crippen molar-refractivity contribution in [3.05, 3.63) is 27.8 Å². The van der Waals surface area contributed by atoms with E-state index in [0.717, 1.165) is 9.99 Å². The lowest BCUT2D eigenvalue weighted by Gasteiger charge is -1.97. The van der Waals surface area contributed by atoms with Gasteiger partial charge in [0.15, 0.2) is 0 Å². The van der Waals surface area contributed by atoms with Crippen LogP contribution in [0.15, 0.2) is 22.8 Å². The van der Waals surface area contributed by atoms with Crippen molar-refractivity contribution in [1.82, 2.24) is 4.98 Å². The second-order valence-electron chi connectivity index (χ2n) is 2.46. The van der Waals surface area contributed by atoms with Crippen LogP contribution in [0.4, 0.5) is 0 Å². The molecule has 0 saturated heterocycles. The molecular formula is C8H8BrClNOP. The standard InChI is InChI=1S/C8H5BrClNO.H3P/c9-4-1-2-5-7(8(4)10)6(12)3-11-5;/h1-3,11-12H;1H3. The molecule has 0 aliphatic heterocycles. The minimum Gasteiger partial charge on any atom is -0.506 e. The molecule has 1 aromatic carbocycles. The van der Waals surface area contributed by atoms with Gasteiger partial charge in [-0.05, 0) is 28.1 Å². The third-order valence-electron chi connectivity index (χ3n) is 1.72. The van der Waals surface area contributed by atoms with E-state index < -0.39 is 0 Å². The predicted octanol–water partition coefficient (Wildman–Crippen LogP) is 3.35. The maximum atomic E-state index is 9.38. The summed E-state index contributed by atoms with van der Waals surface area (Å²) >= 11 is 9.22. The minimum absolute atomic E-state index is 0. The molecule has 0 aliphatic carbocycles. The third-order valence-corrected chi connectivity index (χ3v) is 3.00. The summed E-state index contributed by atoms with van der Waals surface area (Å²) < 4.78 is 0.784. The number of H-pyrrole nitrogens is 1. The van der Waals surface area contributed by atoms with Crippen molar-refractivity contribution in [3.8, 4) is 5.75 Å². The Labute approximate surface area is 92.0 Å². The van der Waals surface area contributed by atoms with Crippen LogP contribution in [0.1, 0.15) is 0 Å². The number of aromatic hydroxyl groups is 1. The number of rotatable bonds is 0. The third kappa shape index (κ3) is 1.69. The molecule has 1 unspecified atom stereocenters. The van der Waals surface area contributed by atoms with E-state index in [2.05, 4.69) is 20.9 Å². The molecular weight excluding hydrogens is 272 g/mol. The molecule has 2 N–H and O–H groups in total. The molecule has 1 aromatic heterocycles. The van der Waals surface area contributed by atoms with Gasteiger partial charge in [0.2, 0.25) is 0 Å². The monoisotopic (exact) mass is 279 g/mol. The van der Waals surface area contributed by atoms with Crippen molar-refractivity contribution < 1.29 is 5.11 Å². The van der Waals surface area contributed by atoms with Crippen LogP contribution in [0.3, 0.4) is 0 Å². The highest BCUT2D eigenvalue weighted by Gasteiger charge is 2.08. The second kappa shape index (κ2) is 3.87. The summed E-state index contributed by atoms with van der Waals surface area (Å²) in [5.41, 5.74) is 0.834. The van der Waals surface area contributed by atoms with E-state index in [0.29, 0.717) is 10.4 Å². The van der Waals surface area contributed by atoms with E-state index in [1.807, 2.05) is 12.1 Å². The summed E-state index contributed by atoms with van der Waals surface area (Å²) in [5, 5.41) is 10.6. The van der Waals surface area contributed by atoms with Gasteiger partial charge < -0.3 is 10.1 Å². The molecule has 0 saturated carbocycles. The van der Waals surface area contributed by atoms with Crippen LogP contribution < -0.4 is 0 Å². The number of halogens is 2. The van der Waals surface area contributed by atoms with Gasteiger partial charge in [-0.1, -0.05) is 11.6 Å². The highest BCUT2D eigenvalue weighted by Crippen LogP contribution is 2.35. The predicted molar refractivity (Wildman–Crippen MR) is 63.8 cm³/mol. The number of aromatic nitrogens is 1. The number of nitrogens with one attached hydrogen (secondary N) is 1. The maximum absolute atomic E-state index is 9.38. The van der Waals surface area contributed by atoms with E-state index in [4.69, 9.17) is 11.6 Å².